The first-order valence-corrected chi connectivity index (χ1v) is 3.41. The fourth-order valence-electron chi connectivity index (χ4n) is 0.901. The summed E-state index contributed by atoms with van der Waals surface area (Å²) in [6.07, 6.45) is 1.74. The summed E-state index contributed by atoms with van der Waals surface area (Å²) in [5.41, 5.74) is 6.76. The van der Waals surface area contributed by atoms with E-state index in [-0.39, 0.29) is 5.28 Å². The Bertz CT molecular complexity index is 394. The van der Waals surface area contributed by atoms with Crippen molar-refractivity contribution in [3.05, 3.63) is 23.6 Å². The minimum atomic E-state index is 0.211. The fourth-order valence-corrected chi connectivity index (χ4v) is 1.06. The molecule has 0 amide bonds. The summed E-state index contributed by atoms with van der Waals surface area (Å²) < 4.78 is 1.54. The molecule has 4 nitrogen and oxygen atoms in total. The maximum Gasteiger partial charge on any atom is 0.243 e. The van der Waals surface area contributed by atoms with Gasteiger partial charge in [-0.15, -0.1) is 5.10 Å². The zero-order valence-corrected chi connectivity index (χ0v) is 6.28. The number of hydrogen-bond donors (Lipinski definition) is 1. The summed E-state index contributed by atoms with van der Waals surface area (Å²) >= 11 is 5.56. The van der Waals surface area contributed by atoms with Crippen LogP contribution in [0.4, 0.5) is 5.69 Å². The van der Waals surface area contributed by atoms with Crippen molar-refractivity contribution in [2.45, 2.75) is 0 Å². The summed E-state index contributed by atoms with van der Waals surface area (Å²) in [5.74, 6) is 0. The lowest BCUT2D eigenvalue weighted by molar-refractivity contribution is 0.963. The van der Waals surface area contributed by atoms with E-state index in [9.17, 15) is 0 Å². The minimum Gasteiger partial charge on any atom is -0.396 e. The van der Waals surface area contributed by atoms with Gasteiger partial charge in [0.2, 0.25) is 5.28 Å². The van der Waals surface area contributed by atoms with E-state index in [1.165, 1.54) is 4.52 Å². The smallest absolute Gasteiger partial charge is 0.243 e. The van der Waals surface area contributed by atoms with Crippen molar-refractivity contribution in [1.82, 2.24) is 14.6 Å². The molecule has 0 aromatic carbocycles. The molecule has 0 spiro atoms. The standard InChI is InChI=1S/C6H5ClN4/c7-6-9-5-4(8)2-1-3-11(5)10-6/h1-3H,8H2. The second-order valence-corrected chi connectivity index (χ2v) is 2.45. The predicted octanol–water partition coefficient (Wildman–Crippen LogP) is 0.965. The van der Waals surface area contributed by atoms with Crippen molar-refractivity contribution in [3.8, 4) is 0 Å². The van der Waals surface area contributed by atoms with Crippen LogP contribution < -0.4 is 5.73 Å². The Labute approximate surface area is 67.6 Å². The highest BCUT2D eigenvalue weighted by Crippen LogP contribution is 2.11. The molecule has 2 aromatic heterocycles. The molecule has 2 N–H and O–H groups in total. The van der Waals surface area contributed by atoms with Gasteiger partial charge in [0.05, 0.1) is 5.69 Å². The minimum absolute atomic E-state index is 0.211. The Morgan fingerprint density at radius 3 is 3.09 bits per heavy atom. The Kier molecular flexibility index (Phi) is 1.22. The number of aromatic nitrogens is 3. The fraction of sp³-hybridized carbons (Fsp3) is 0. The molecule has 11 heavy (non-hydrogen) atoms. The highest BCUT2D eigenvalue weighted by atomic mass is 35.5. The molecule has 2 aromatic rings. The number of hydrogen-bond acceptors (Lipinski definition) is 3. The molecular formula is C6H5ClN4. The molecule has 0 aliphatic carbocycles. The van der Waals surface area contributed by atoms with Crippen LogP contribution in [0.5, 0.6) is 0 Å². The van der Waals surface area contributed by atoms with Crippen LogP contribution in [0.25, 0.3) is 5.65 Å². The van der Waals surface area contributed by atoms with Crippen LogP contribution in [0.3, 0.4) is 0 Å². The highest BCUT2D eigenvalue weighted by Gasteiger charge is 2.01. The monoisotopic (exact) mass is 168 g/mol. The van der Waals surface area contributed by atoms with Gasteiger partial charge in [0.1, 0.15) is 0 Å². The lowest BCUT2D eigenvalue weighted by Crippen LogP contribution is -1.91. The van der Waals surface area contributed by atoms with Gasteiger partial charge >= 0.3 is 0 Å². The summed E-state index contributed by atoms with van der Waals surface area (Å²) in [6, 6.07) is 3.54. The topological polar surface area (TPSA) is 56.2 Å². The lowest BCUT2D eigenvalue weighted by Gasteiger charge is -1.92. The van der Waals surface area contributed by atoms with Crippen LogP contribution in [0.15, 0.2) is 18.3 Å². The second kappa shape index (κ2) is 2.10. The average Bonchev–Trinajstić information content (AvgIpc) is 2.31. The normalized spacial score (nSPS) is 10.6. The number of pyridine rings is 1. The van der Waals surface area contributed by atoms with Gasteiger partial charge in [-0.25, -0.2) is 4.52 Å². The van der Waals surface area contributed by atoms with E-state index in [0.717, 1.165) is 0 Å². The van der Waals surface area contributed by atoms with E-state index in [4.69, 9.17) is 17.3 Å². The van der Waals surface area contributed by atoms with Crippen molar-refractivity contribution in [2.75, 3.05) is 5.73 Å². The molecule has 0 radical (unpaired) electrons. The number of nitrogen functional groups attached to an aromatic ring is 1. The molecule has 2 rings (SSSR count). The maximum atomic E-state index is 5.59. The van der Waals surface area contributed by atoms with Gasteiger partial charge in [-0.1, -0.05) is 0 Å². The van der Waals surface area contributed by atoms with Crippen molar-refractivity contribution < 1.29 is 0 Å². The molecule has 56 valence electrons. The Morgan fingerprint density at radius 2 is 2.36 bits per heavy atom. The van der Waals surface area contributed by atoms with Gasteiger partial charge in [-0.3, -0.25) is 0 Å². The SMILES string of the molecule is Nc1cccn2nc(Cl)nc12. The number of halogens is 1. The molecule has 0 aliphatic rings. The van der Waals surface area contributed by atoms with Crippen molar-refractivity contribution in [3.63, 3.8) is 0 Å². The molecule has 0 bridgehead atoms. The number of fused-ring (bicyclic) bond motifs is 1. The van der Waals surface area contributed by atoms with Gasteiger partial charge in [-0.2, -0.15) is 4.98 Å². The third-order valence-electron chi connectivity index (χ3n) is 1.37. The number of nitrogens with zero attached hydrogens (tertiary/aromatic N) is 3. The van der Waals surface area contributed by atoms with Gasteiger partial charge in [0.15, 0.2) is 5.65 Å². The summed E-state index contributed by atoms with van der Waals surface area (Å²) in [5, 5.41) is 4.08. The van der Waals surface area contributed by atoms with Gasteiger partial charge in [0, 0.05) is 6.20 Å². The zero-order valence-electron chi connectivity index (χ0n) is 5.53. The van der Waals surface area contributed by atoms with E-state index in [1.807, 2.05) is 0 Å². The number of nitrogens with two attached hydrogens (primary N) is 1. The third-order valence-corrected chi connectivity index (χ3v) is 1.53. The van der Waals surface area contributed by atoms with E-state index < -0.39 is 0 Å². The Balaban J connectivity index is 2.90. The second-order valence-electron chi connectivity index (χ2n) is 2.11. The molecule has 0 saturated carbocycles. The first-order valence-electron chi connectivity index (χ1n) is 3.04. The molecule has 2 heterocycles. The average molecular weight is 169 g/mol. The Morgan fingerprint density at radius 1 is 1.55 bits per heavy atom. The number of rotatable bonds is 0. The van der Waals surface area contributed by atoms with E-state index in [2.05, 4.69) is 10.1 Å². The predicted molar refractivity (Wildman–Crippen MR) is 42.4 cm³/mol. The first kappa shape index (κ1) is 6.42. The van der Waals surface area contributed by atoms with Crippen molar-refractivity contribution in [1.29, 1.82) is 0 Å². The molecule has 0 unspecified atom stereocenters. The summed E-state index contributed by atoms with van der Waals surface area (Å²) in [7, 11) is 0. The largest absolute Gasteiger partial charge is 0.396 e. The van der Waals surface area contributed by atoms with Gasteiger partial charge < -0.3 is 5.73 Å². The van der Waals surface area contributed by atoms with Crippen LogP contribution in [0.2, 0.25) is 5.28 Å². The lowest BCUT2D eigenvalue weighted by atomic mass is 10.4. The van der Waals surface area contributed by atoms with E-state index in [0.29, 0.717) is 11.3 Å². The van der Waals surface area contributed by atoms with E-state index >= 15 is 0 Å². The highest BCUT2D eigenvalue weighted by molar-refractivity contribution is 6.28. The van der Waals surface area contributed by atoms with Crippen molar-refractivity contribution in [2.24, 2.45) is 0 Å². The van der Waals surface area contributed by atoms with Crippen molar-refractivity contribution >= 4 is 22.9 Å². The molecule has 0 saturated heterocycles. The Hall–Kier alpha value is -1.29. The molecule has 0 aliphatic heterocycles. The van der Waals surface area contributed by atoms with Gasteiger partial charge in [-0.05, 0) is 23.7 Å². The summed E-state index contributed by atoms with van der Waals surface area (Å²) in [6.45, 7) is 0. The molecule has 5 heteroatoms. The first-order chi connectivity index (χ1) is 5.27. The molecule has 0 atom stereocenters. The third kappa shape index (κ3) is 0.914. The molecular weight excluding hydrogens is 164 g/mol. The van der Waals surface area contributed by atoms with E-state index in [1.54, 1.807) is 18.3 Å². The van der Waals surface area contributed by atoms with Crippen LogP contribution in [0, 0.1) is 0 Å². The van der Waals surface area contributed by atoms with Crippen LogP contribution >= 0.6 is 11.6 Å². The zero-order chi connectivity index (χ0) is 7.84. The van der Waals surface area contributed by atoms with Crippen LogP contribution in [-0.2, 0) is 0 Å². The summed E-state index contributed by atoms with van der Waals surface area (Å²) in [4.78, 5) is 3.90. The van der Waals surface area contributed by atoms with Crippen LogP contribution in [-0.4, -0.2) is 14.6 Å². The number of anilines is 1. The van der Waals surface area contributed by atoms with Crippen LogP contribution in [0.1, 0.15) is 0 Å². The molecule has 0 fully saturated rings. The maximum absolute atomic E-state index is 5.59. The quantitative estimate of drug-likeness (QED) is 0.638. The van der Waals surface area contributed by atoms with Gasteiger partial charge in [0.25, 0.3) is 0 Å².